The third-order valence-electron chi connectivity index (χ3n) is 6.65. The lowest BCUT2D eigenvalue weighted by molar-refractivity contribution is 0.402. The number of nitrogens with zero attached hydrogens (tertiary/aromatic N) is 2. The van der Waals surface area contributed by atoms with Crippen molar-refractivity contribution in [2.75, 3.05) is 7.11 Å². The molecule has 0 radical (unpaired) electrons. The molecule has 0 spiro atoms. The Morgan fingerprint density at radius 2 is 1.89 bits per heavy atom. The van der Waals surface area contributed by atoms with Crippen LogP contribution in [0.4, 0.5) is 0 Å². The van der Waals surface area contributed by atoms with Gasteiger partial charge in [-0.1, -0.05) is 77.0 Å². The van der Waals surface area contributed by atoms with E-state index >= 15 is 0 Å². The molecule has 2 aliphatic rings. The number of thiazole rings is 1. The van der Waals surface area contributed by atoms with Gasteiger partial charge in [0, 0.05) is 21.7 Å². The molecule has 0 fully saturated rings. The largest absolute Gasteiger partial charge is 0.506 e. The third-order valence-corrected chi connectivity index (χ3v) is 8.14. The molecule has 36 heavy (non-hydrogen) atoms. The number of benzene rings is 3. The number of halogens is 2. The fraction of sp³-hybridized carbons (Fsp3) is 0.143. The number of methoxy groups -OCH3 is 1. The number of hydrogen-bond donors (Lipinski definition) is 1. The summed E-state index contributed by atoms with van der Waals surface area (Å²) in [6.45, 7) is 0. The summed E-state index contributed by atoms with van der Waals surface area (Å²) in [5, 5.41) is 11.0. The Hall–Kier alpha value is -3.32. The SMILES string of the molecule is COc1ccccc1C1C2=C(N=c3sc(=Cc4cc(Cl)cc(Cl)c4O)c(=O)n31)c1ccccc1CC2. The van der Waals surface area contributed by atoms with Crippen molar-refractivity contribution >= 4 is 46.3 Å². The highest BCUT2D eigenvalue weighted by Crippen LogP contribution is 2.43. The van der Waals surface area contributed by atoms with Crippen molar-refractivity contribution < 1.29 is 9.84 Å². The van der Waals surface area contributed by atoms with Gasteiger partial charge in [0.2, 0.25) is 0 Å². The van der Waals surface area contributed by atoms with Gasteiger partial charge in [-0.15, -0.1) is 0 Å². The molecule has 6 rings (SSSR count). The molecule has 1 N–H and O–H groups in total. The van der Waals surface area contributed by atoms with Crippen LogP contribution in [0.3, 0.4) is 0 Å². The quantitative estimate of drug-likeness (QED) is 0.385. The summed E-state index contributed by atoms with van der Waals surface area (Å²) in [6.07, 6.45) is 3.27. The fourth-order valence-corrected chi connectivity index (χ4v) is 6.53. The molecule has 8 heteroatoms. The van der Waals surface area contributed by atoms with Crippen molar-refractivity contribution in [3.63, 3.8) is 0 Å². The van der Waals surface area contributed by atoms with Gasteiger partial charge in [0.15, 0.2) is 4.80 Å². The second-order valence-electron chi connectivity index (χ2n) is 8.68. The predicted octanol–water partition coefficient (Wildman–Crippen LogP) is 5.34. The normalized spacial score (nSPS) is 16.8. The van der Waals surface area contributed by atoms with Crippen LogP contribution in [0.2, 0.25) is 10.0 Å². The Kier molecular flexibility index (Phi) is 5.75. The van der Waals surface area contributed by atoms with Gasteiger partial charge in [0.1, 0.15) is 11.5 Å². The van der Waals surface area contributed by atoms with Crippen LogP contribution in [0, 0.1) is 0 Å². The topological polar surface area (TPSA) is 63.8 Å². The first-order valence-electron chi connectivity index (χ1n) is 11.4. The zero-order chi connectivity index (χ0) is 25.0. The van der Waals surface area contributed by atoms with Gasteiger partial charge in [0.25, 0.3) is 5.56 Å². The average molecular weight is 535 g/mol. The van der Waals surface area contributed by atoms with Crippen molar-refractivity contribution in [3.8, 4) is 11.5 Å². The van der Waals surface area contributed by atoms with E-state index in [9.17, 15) is 9.90 Å². The molecule has 1 atom stereocenters. The summed E-state index contributed by atoms with van der Waals surface area (Å²) in [5.41, 5.74) is 5.42. The van der Waals surface area contributed by atoms with Gasteiger partial charge in [-0.25, -0.2) is 4.99 Å². The van der Waals surface area contributed by atoms with E-state index in [0.29, 0.717) is 25.7 Å². The molecule has 1 aliphatic heterocycles. The second kappa shape index (κ2) is 8.96. The van der Waals surface area contributed by atoms with E-state index in [1.54, 1.807) is 23.8 Å². The highest BCUT2D eigenvalue weighted by molar-refractivity contribution is 7.07. The first-order chi connectivity index (χ1) is 17.5. The van der Waals surface area contributed by atoms with Gasteiger partial charge >= 0.3 is 0 Å². The number of ether oxygens (including phenoxy) is 1. The summed E-state index contributed by atoms with van der Waals surface area (Å²) in [7, 11) is 1.64. The van der Waals surface area contributed by atoms with Gasteiger partial charge in [-0.3, -0.25) is 9.36 Å². The van der Waals surface area contributed by atoms with Crippen molar-refractivity contribution in [1.29, 1.82) is 0 Å². The molecular formula is C28H20Cl2N2O3S. The number of aromatic hydroxyl groups is 1. The molecule has 1 aromatic heterocycles. The molecule has 0 saturated heterocycles. The number of phenolic OH excluding ortho intramolecular Hbond substituents is 1. The number of fused-ring (bicyclic) bond motifs is 3. The number of hydrogen-bond acceptors (Lipinski definition) is 5. The minimum Gasteiger partial charge on any atom is -0.506 e. The van der Waals surface area contributed by atoms with Crippen molar-refractivity contribution in [3.05, 3.63) is 118 Å². The number of rotatable bonds is 3. The van der Waals surface area contributed by atoms with Crippen LogP contribution in [-0.4, -0.2) is 16.8 Å². The Labute approximate surface area is 220 Å². The number of phenols is 1. The van der Waals surface area contributed by atoms with Crippen molar-refractivity contribution in [1.82, 2.24) is 4.57 Å². The van der Waals surface area contributed by atoms with Crippen LogP contribution in [0.25, 0.3) is 11.8 Å². The molecule has 3 aromatic carbocycles. The minimum atomic E-state index is -0.362. The van der Waals surface area contributed by atoms with Crippen LogP contribution >= 0.6 is 34.5 Å². The highest BCUT2D eigenvalue weighted by Gasteiger charge is 2.34. The van der Waals surface area contributed by atoms with Gasteiger partial charge < -0.3 is 9.84 Å². The molecule has 0 amide bonds. The number of aryl methyl sites for hydroxylation is 1. The molecule has 0 saturated carbocycles. The van der Waals surface area contributed by atoms with E-state index in [0.717, 1.165) is 35.2 Å². The number of allylic oxidation sites excluding steroid dienone is 1. The maximum atomic E-state index is 13.9. The molecule has 0 bridgehead atoms. The Morgan fingerprint density at radius 1 is 1.11 bits per heavy atom. The maximum absolute atomic E-state index is 13.9. The Bertz CT molecular complexity index is 1750. The van der Waals surface area contributed by atoms with Crippen LogP contribution in [0.15, 0.2) is 76.0 Å². The third kappa shape index (κ3) is 3.68. The lowest BCUT2D eigenvalue weighted by atomic mass is 9.83. The predicted molar refractivity (Wildman–Crippen MR) is 144 cm³/mol. The molecule has 4 aromatic rings. The number of para-hydroxylation sites is 1. The first kappa shape index (κ1) is 23.1. The lowest BCUT2D eigenvalue weighted by Gasteiger charge is -2.31. The number of aromatic nitrogens is 1. The summed E-state index contributed by atoms with van der Waals surface area (Å²) in [5.74, 6) is 0.588. The van der Waals surface area contributed by atoms with Crippen LogP contribution in [0.5, 0.6) is 11.5 Å². The molecule has 2 heterocycles. The Balaban J connectivity index is 1.66. The van der Waals surface area contributed by atoms with E-state index in [-0.39, 0.29) is 22.4 Å². The fourth-order valence-electron chi connectivity index (χ4n) is 5.03. The first-order valence-corrected chi connectivity index (χ1v) is 13.0. The monoisotopic (exact) mass is 534 g/mol. The van der Waals surface area contributed by atoms with E-state index in [2.05, 4.69) is 12.1 Å². The van der Waals surface area contributed by atoms with Gasteiger partial charge in [-0.2, -0.15) is 0 Å². The summed E-state index contributed by atoms with van der Waals surface area (Å²) < 4.78 is 7.88. The van der Waals surface area contributed by atoms with E-state index in [4.69, 9.17) is 32.9 Å². The molecule has 180 valence electrons. The summed E-state index contributed by atoms with van der Waals surface area (Å²) in [6, 6.07) is 18.8. The molecule has 5 nitrogen and oxygen atoms in total. The van der Waals surface area contributed by atoms with E-state index < -0.39 is 0 Å². The smallest absolute Gasteiger partial charge is 0.271 e. The van der Waals surface area contributed by atoms with Crippen molar-refractivity contribution in [2.24, 2.45) is 4.99 Å². The minimum absolute atomic E-state index is 0.124. The van der Waals surface area contributed by atoms with Crippen molar-refractivity contribution in [2.45, 2.75) is 18.9 Å². The highest BCUT2D eigenvalue weighted by atomic mass is 35.5. The van der Waals surface area contributed by atoms with Gasteiger partial charge in [0.05, 0.1) is 28.4 Å². The molecule has 1 aliphatic carbocycles. The van der Waals surface area contributed by atoms with Crippen LogP contribution in [-0.2, 0) is 6.42 Å². The van der Waals surface area contributed by atoms with Gasteiger partial charge in [-0.05, 0) is 48.3 Å². The summed E-state index contributed by atoms with van der Waals surface area (Å²) >= 11 is 13.6. The van der Waals surface area contributed by atoms with E-state index in [1.165, 1.54) is 23.0 Å². The average Bonchev–Trinajstić information content (AvgIpc) is 3.20. The Morgan fingerprint density at radius 3 is 2.72 bits per heavy atom. The zero-order valence-electron chi connectivity index (χ0n) is 19.2. The molecule has 1 unspecified atom stereocenters. The molecular weight excluding hydrogens is 515 g/mol. The second-order valence-corrected chi connectivity index (χ2v) is 10.5. The lowest BCUT2D eigenvalue weighted by Crippen LogP contribution is -2.39. The van der Waals surface area contributed by atoms with Crippen LogP contribution < -0.4 is 19.6 Å². The summed E-state index contributed by atoms with van der Waals surface area (Å²) in [4.78, 5) is 19.5. The van der Waals surface area contributed by atoms with E-state index in [1.807, 2.05) is 36.4 Å². The maximum Gasteiger partial charge on any atom is 0.271 e. The standard InChI is InChI=1S/C28H20Cl2N2O3S/c1-35-22-9-5-4-8-19(22)25-20-11-10-15-6-2-3-7-18(15)24(20)31-28-32(25)27(34)23(36-28)13-16-12-17(29)14-21(30)26(16)33/h2-9,12-14,25,33H,10-11H2,1H3. The van der Waals surface area contributed by atoms with Crippen LogP contribution in [0.1, 0.15) is 34.7 Å². The zero-order valence-corrected chi connectivity index (χ0v) is 21.5.